The van der Waals surface area contributed by atoms with Crippen molar-refractivity contribution in [3.63, 3.8) is 0 Å². The van der Waals surface area contributed by atoms with E-state index in [2.05, 4.69) is 24.1 Å². The first-order valence-corrected chi connectivity index (χ1v) is 8.41. The quantitative estimate of drug-likeness (QED) is 0.844. The van der Waals surface area contributed by atoms with Gasteiger partial charge in [-0.05, 0) is 39.7 Å². The number of aromatic nitrogens is 1. The molecule has 4 nitrogen and oxygen atoms in total. The number of fused-ring (bicyclic) bond motifs is 1. The normalized spacial score (nSPS) is 30.1. The molecule has 3 heterocycles. The minimum Gasteiger partial charge on any atom is -0.383 e. The summed E-state index contributed by atoms with van der Waals surface area (Å²) in [5.41, 5.74) is 1.24. The van der Waals surface area contributed by atoms with Crippen LogP contribution in [0.2, 0.25) is 0 Å². The molecular weight excluding hydrogens is 270 g/mol. The number of methoxy groups -OCH3 is 1. The zero-order valence-corrected chi connectivity index (χ0v) is 13.6. The average molecular weight is 295 g/mol. The molecule has 3 rings (SSSR count). The average Bonchev–Trinajstić information content (AvgIpc) is 3.09. The van der Waals surface area contributed by atoms with Gasteiger partial charge in [-0.15, -0.1) is 11.3 Å². The van der Waals surface area contributed by atoms with E-state index in [4.69, 9.17) is 9.72 Å². The van der Waals surface area contributed by atoms with Crippen LogP contribution in [-0.4, -0.2) is 49.3 Å². The number of aryl methyl sites for hydroxylation is 2. The molecule has 20 heavy (non-hydrogen) atoms. The standard InChI is InChI=1S/C15H25N3OS/c1-11-12(2)20-14(17-11)15(16-7-10-19-3)6-9-18-8-4-5-13(15)18/h13,16H,4-10H2,1-3H3. The van der Waals surface area contributed by atoms with E-state index in [0.717, 1.165) is 13.2 Å². The van der Waals surface area contributed by atoms with E-state index in [0.29, 0.717) is 6.04 Å². The van der Waals surface area contributed by atoms with Gasteiger partial charge in [0.15, 0.2) is 0 Å². The van der Waals surface area contributed by atoms with E-state index in [-0.39, 0.29) is 5.54 Å². The van der Waals surface area contributed by atoms with E-state index in [1.807, 2.05) is 11.3 Å². The zero-order valence-electron chi connectivity index (χ0n) is 12.7. The Bertz CT molecular complexity index is 456. The van der Waals surface area contributed by atoms with Gasteiger partial charge in [0, 0.05) is 31.1 Å². The first-order valence-electron chi connectivity index (χ1n) is 7.60. The molecule has 2 aliphatic rings. The third-order valence-electron chi connectivity index (χ3n) is 4.88. The van der Waals surface area contributed by atoms with Crippen LogP contribution >= 0.6 is 11.3 Å². The number of thiazole rings is 1. The van der Waals surface area contributed by atoms with Gasteiger partial charge in [-0.3, -0.25) is 4.90 Å². The van der Waals surface area contributed by atoms with Gasteiger partial charge in [0.2, 0.25) is 0 Å². The second-order valence-corrected chi connectivity index (χ2v) is 7.20. The summed E-state index contributed by atoms with van der Waals surface area (Å²) in [5, 5.41) is 5.10. The highest BCUT2D eigenvalue weighted by Crippen LogP contribution is 2.44. The molecule has 0 bridgehead atoms. The maximum Gasteiger partial charge on any atom is 0.115 e. The molecule has 2 aliphatic heterocycles. The molecule has 0 aliphatic carbocycles. The van der Waals surface area contributed by atoms with E-state index in [9.17, 15) is 0 Å². The summed E-state index contributed by atoms with van der Waals surface area (Å²) in [6, 6.07) is 0.615. The van der Waals surface area contributed by atoms with Gasteiger partial charge in [0.25, 0.3) is 0 Å². The zero-order chi connectivity index (χ0) is 14.2. The predicted octanol–water partition coefficient (Wildman–Crippen LogP) is 2.06. The van der Waals surface area contributed by atoms with Gasteiger partial charge in [-0.2, -0.15) is 0 Å². The molecule has 0 spiro atoms. The first-order chi connectivity index (χ1) is 9.67. The largest absolute Gasteiger partial charge is 0.383 e. The second-order valence-electron chi connectivity index (χ2n) is 6.00. The van der Waals surface area contributed by atoms with E-state index >= 15 is 0 Å². The Morgan fingerprint density at radius 3 is 3.00 bits per heavy atom. The lowest BCUT2D eigenvalue weighted by Gasteiger charge is -2.34. The lowest BCUT2D eigenvalue weighted by Crippen LogP contribution is -2.51. The Labute approximate surface area is 125 Å². The Kier molecular flexibility index (Phi) is 4.13. The van der Waals surface area contributed by atoms with Crippen molar-refractivity contribution >= 4 is 11.3 Å². The summed E-state index contributed by atoms with van der Waals surface area (Å²) in [6.07, 6.45) is 3.78. The van der Waals surface area contributed by atoms with Crippen LogP contribution in [0.15, 0.2) is 0 Å². The molecular formula is C15H25N3OS. The molecule has 1 N–H and O–H groups in total. The van der Waals surface area contributed by atoms with Gasteiger partial charge in [-0.25, -0.2) is 4.98 Å². The van der Waals surface area contributed by atoms with Crippen LogP contribution in [0.5, 0.6) is 0 Å². The SMILES string of the molecule is COCCNC1(c2nc(C)c(C)s2)CCN2CCCC21. The number of rotatable bonds is 5. The number of nitrogens with one attached hydrogen (secondary N) is 1. The fourth-order valence-corrected chi connectivity index (χ4v) is 4.87. The van der Waals surface area contributed by atoms with Crippen molar-refractivity contribution in [1.82, 2.24) is 15.2 Å². The lowest BCUT2D eigenvalue weighted by atomic mass is 9.89. The summed E-state index contributed by atoms with van der Waals surface area (Å²) in [6.45, 7) is 8.42. The highest BCUT2D eigenvalue weighted by atomic mass is 32.1. The Balaban J connectivity index is 1.90. The minimum atomic E-state index is 0.0543. The maximum absolute atomic E-state index is 5.23. The van der Waals surface area contributed by atoms with Crippen LogP contribution < -0.4 is 5.32 Å². The lowest BCUT2D eigenvalue weighted by molar-refractivity contribution is 0.168. The van der Waals surface area contributed by atoms with Crippen molar-refractivity contribution in [2.24, 2.45) is 0 Å². The van der Waals surface area contributed by atoms with Crippen molar-refractivity contribution in [3.05, 3.63) is 15.6 Å². The smallest absolute Gasteiger partial charge is 0.115 e. The van der Waals surface area contributed by atoms with Crippen LogP contribution in [-0.2, 0) is 10.3 Å². The van der Waals surface area contributed by atoms with Gasteiger partial charge in [-0.1, -0.05) is 0 Å². The molecule has 0 saturated carbocycles. The van der Waals surface area contributed by atoms with Crippen molar-refractivity contribution in [2.75, 3.05) is 33.4 Å². The highest BCUT2D eigenvalue weighted by molar-refractivity contribution is 7.11. The van der Waals surface area contributed by atoms with Crippen molar-refractivity contribution in [2.45, 2.75) is 44.7 Å². The summed E-state index contributed by atoms with van der Waals surface area (Å²) < 4.78 is 5.23. The van der Waals surface area contributed by atoms with Crippen LogP contribution in [0.3, 0.4) is 0 Å². The van der Waals surface area contributed by atoms with Gasteiger partial charge < -0.3 is 10.1 Å². The third-order valence-corrected chi connectivity index (χ3v) is 6.13. The monoisotopic (exact) mass is 295 g/mol. The minimum absolute atomic E-state index is 0.0543. The van der Waals surface area contributed by atoms with Crippen molar-refractivity contribution < 1.29 is 4.74 Å². The first kappa shape index (κ1) is 14.4. The van der Waals surface area contributed by atoms with Crippen LogP contribution in [0.4, 0.5) is 0 Å². The molecule has 2 saturated heterocycles. The number of hydrogen-bond acceptors (Lipinski definition) is 5. The third kappa shape index (κ3) is 2.30. The summed E-state index contributed by atoms with van der Waals surface area (Å²) >= 11 is 1.88. The number of hydrogen-bond donors (Lipinski definition) is 1. The molecule has 2 atom stereocenters. The van der Waals surface area contributed by atoms with Gasteiger partial charge in [0.05, 0.1) is 17.8 Å². The van der Waals surface area contributed by atoms with Gasteiger partial charge >= 0.3 is 0 Å². The molecule has 2 fully saturated rings. The van der Waals surface area contributed by atoms with E-state index in [1.54, 1.807) is 7.11 Å². The molecule has 1 aromatic heterocycles. The fraction of sp³-hybridized carbons (Fsp3) is 0.800. The topological polar surface area (TPSA) is 37.4 Å². The predicted molar refractivity (Wildman–Crippen MR) is 82.4 cm³/mol. The van der Waals surface area contributed by atoms with Crippen LogP contribution in [0, 0.1) is 13.8 Å². The second kappa shape index (κ2) is 5.72. The molecule has 0 amide bonds. The molecule has 112 valence electrons. The number of ether oxygens (including phenoxy) is 1. The molecule has 2 unspecified atom stereocenters. The van der Waals surface area contributed by atoms with Crippen molar-refractivity contribution in [3.8, 4) is 0 Å². The number of nitrogens with zero attached hydrogens (tertiary/aromatic N) is 2. The van der Waals surface area contributed by atoms with Crippen LogP contribution in [0.25, 0.3) is 0 Å². The molecule has 0 aromatic carbocycles. The van der Waals surface area contributed by atoms with E-state index in [1.165, 1.54) is 47.9 Å². The van der Waals surface area contributed by atoms with Gasteiger partial charge in [0.1, 0.15) is 5.01 Å². The Morgan fingerprint density at radius 2 is 2.30 bits per heavy atom. The highest BCUT2D eigenvalue weighted by Gasteiger charge is 2.51. The Morgan fingerprint density at radius 1 is 1.45 bits per heavy atom. The summed E-state index contributed by atoms with van der Waals surface area (Å²) in [5.74, 6) is 0. The fourth-order valence-electron chi connectivity index (χ4n) is 3.71. The summed E-state index contributed by atoms with van der Waals surface area (Å²) in [4.78, 5) is 8.89. The van der Waals surface area contributed by atoms with E-state index < -0.39 is 0 Å². The van der Waals surface area contributed by atoms with Crippen molar-refractivity contribution in [1.29, 1.82) is 0 Å². The molecule has 0 radical (unpaired) electrons. The Hall–Kier alpha value is -0.490. The molecule has 5 heteroatoms. The molecule has 1 aromatic rings. The summed E-state index contributed by atoms with van der Waals surface area (Å²) in [7, 11) is 1.77. The maximum atomic E-state index is 5.23. The van der Waals surface area contributed by atoms with Crippen LogP contribution in [0.1, 0.15) is 34.8 Å².